The monoisotopic (exact) mass is 245 g/mol. The van der Waals surface area contributed by atoms with Crippen molar-refractivity contribution >= 4 is 5.95 Å². The largest absolute Gasteiger partial charge is 0.481 e. The molecule has 0 aliphatic rings. The van der Waals surface area contributed by atoms with Crippen LogP contribution in [0.4, 0.5) is 5.95 Å². The number of nitrogens with zero attached hydrogens (tertiary/aromatic N) is 2. The molecule has 0 saturated carbocycles. The summed E-state index contributed by atoms with van der Waals surface area (Å²) >= 11 is 0. The smallest absolute Gasteiger partial charge is 0.227 e. The molecular weight excluding hydrogens is 230 g/mol. The fourth-order valence-electron chi connectivity index (χ4n) is 1.59. The second kappa shape index (κ2) is 5.35. The number of aromatic nitrogens is 2. The first-order chi connectivity index (χ1) is 8.72. The third-order valence-electron chi connectivity index (χ3n) is 2.47. The SMILES string of the molecule is CCc1ccccc1Oc1cc(OC)nc(N)n1. The summed E-state index contributed by atoms with van der Waals surface area (Å²) in [6.45, 7) is 2.07. The fourth-order valence-corrected chi connectivity index (χ4v) is 1.59. The first-order valence-corrected chi connectivity index (χ1v) is 5.67. The van der Waals surface area contributed by atoms with E-state index in [-0.39, 0.29) is 5.95 Å². The van der Waals surface area contributed by atoms with Gasteiger partial charge in [0.15, 0.2) is 0 Å². The zero-order chi connectivity index (χ0) is 13.0. The van der Waals surface area contributed by atoms with E-state index in [0.29, 0.717) is 11.8 Å². The van der Waals surface area contributed by atoms with E-state index in [9.17, 15) is 0 Å². The number of anilines is 1. The lowest BCUT2D eigenvalue weighted by atomic mass is 10.1. The van der Waals surface area contributed by atoms with Crippen LogP contribution in [0.2, 0.25) is 0 Å². The van der Waals surface area contributed by atoms with Gasteiger partial charge in [-0.05, 0) is 18.1 Å². The molecule has 0 saturated heterocycles. The third-order valence-corrected chi connectivity index (χ3v) is 2.47. The molecule has 0 aliphatic heterocycles. The number of hydrogen-bond acceptors (Lipinski definition) is 5. The Morgan fingerprint density at radius 1 is 1.17 bits per heavy atom. The topological polar surface area (TPSA) is 70.3 Å². The highest BCUT2D eigenvalue weighted by atomic mass is 16.5. The summed E-state index contributed by atoms with van der Waals surface area (Å²) < 4.78 is 10.7. The van der Waals surface area contributed by atoms with E-state index in [4.69, 9.17) is 15.2 Å². The number of rotatable bonds is 4. The van der Waals surface area contributed by atoms with Gasteiger partial charge in [0, 0.05) is 0 Å². The van der Waals surface area contributed by atoms with Crippen LogP contribution in [0.25, 0.3) is 0 Å². The maximum atomic E-state index is 5.71. The maximum Gasteiger partial charge on any atom is 0.227 e. The van der Waals surface area contributed by atoms with E-state index >= 15 is 0 Å². The van der Waals surface area contributed by atoms with Crippen molar-refractivity contribution in [3.8, 4) is 17.5 Å². The van der Waals surface area contributed by atoms with E-state index in [0.717, 1.165) is 17.7 Å². The minimum atomic E-state index is 0.123. The van der Waals surface area contributed by atoms with Gasteiger partial charge in [-0.25, -0.2) is 0 Å². The molecule has 18 heavy (non-hydrogen) atoms. The standard InChI is InChI=1S/C13H15N3O2/c1-3-9-6-4-5-7-10(9)18-12-8-11(17-2)15-13(14)16-12/h4-8H,3H2,1-2H3,(H2,14,15,16). The van der Waals surface area contributed by atoms with E-state index in [1.165, 1.54) is 7.11 Å². The Bertz CT molecular complexity index is 544. The number of para-hydroxylation sites is 1. The summed E-state index contributed by atoms with van der Waals surface area (Å²) in [6.07, 6.45) is 0.883. The number of hydrogen-bond donors (Lipinski definition) is 1. The van der Waals surface area contributed by atoms with Crippen LogP contribution >= 0.6 is 0 Å². The van der Waals surface area contributed by atoms with Crippen molar-refractivity contribution in [3.05, 3.63) is 35.9 Å². The van der Waals surface area contributed by atoms with E-state index < -0.39 is 0 Å². The molecule has 5 nitrogen and oxygen atoms in total. The summed E-state index contributed by atoms with van der Waals surface area (Å²) in [5.74, 6) is 1.64. The Balaban J connectivity index is 2.30. The lowest BCUT2D eigenvalue weighted by Gasteiger charge is -2.09. The van der Waals surface area contributed by atoms with Crippen LogP contribution < -0.4 is 15.2 Å². The zero-order valence-corrected chi connectivity index (χ0v) is 10.4. The van der Waals surface area contributed by atoms with Gasteiger partial charge in [0.25, 0.3) is 0 Å². The number of ether oxygens (including phenoxy) is 2. The van der Waals surface area contributed by atoms with E-state index in [1.54, 1.807) is 6.07 Å². The molecule has 94 valence electrons. The van der Waals surface area contributed by atoms with Crippen LogP contribution in [0.5, 0.6) is 17.5 Å². The lowest BCUT2D eigenvalue weighted by Crippen LogP contribution is -2.00. The Morgan fingerprint density at radius 3 is 2.61 bits per heavy atom. The summed E-state index contributed by atoms with van der Waals surface area (Å²) in [7, 11) is 1.52. The highest BCUT2D eigenvalue weighted by Gasteiger charge is 2.07. The highest BCUT2D eigenvalue weighted by molar-refractivity contribution is 5.38. The molecule has 0 amide bonds. The van der Waals surface area contributed by atoms with Crippen molar-refractivity contribution in [1.29, 1.82) is 0 Å². The van der Waals surface area contributed by atoms with Gasteiger partial charge in [-0.2, -0.15) is 9.97 Å². The second-order valence-electron chi connectivity index (χ2n) is 3.67. The molecule has 2 aromatic rings. The number of nitrogens with two attached hydrogens (primary N) is 1. The van der Waals surface area contributed by atoms with Gasteiger partial charge in [0.2, 0.25) is 17.7 Å². The van der Waals surface area contributed by atoms with Crippen LogP contribution in [-0.2, 0) is 6.42 Å². The normalized spacial score (nSPS) is 10.1. The Morgan fingerprint density at radius 2 is 1.89 bits per heavy atom. The molecule has 0 atom stereocenters. The number of aryl methyl sites for hydroxylation is 1. The lowest BCUT2D eigenvalue weighted by molar-refractivity contribution is 0.388. The molecule has 0 spiro atoms. The van der Waals surface area contributed by atoms with Crippen molar-refractivity contribution in [2.24, 2.45) is 0 Å². The molecule has 1 aromatic carbocycles. The zero-order valence-electron chi connectivity index (χ0n) is 10.4. The quantitative estimate of drug-likeness (QED) is 0.895. The molecule has 1 aromatic heterocycles. The first-order valence-electron chi connectivity index (χ1n) is 5.67. The molecule has 0 aliphatic carbocycles. The van der Waals surface area contributed by atoms with Gasteiger partial charge in [-0.1, -0.05) is 25.1 Å². The maximum absolute atomic E-state index is 5.71. The van der Waals surface area contributed by atoms with Crippen LogP contribution in [-0.4, -0.2) is 17.1 Å². The minimum Gasteiger partial charge on any atom is -0.481 e. The van der Waals surface area contributed by atoms with Gasteiger partial charge in [0.05, 0.1) is 13.2 Å². The summed E-state index contributed by atoms with van der Waals surface area (Å²) in [6, 6.07) is 9.39. The van der Waals surface area contributed by atoms with Gasteiger partial charge >= 0.3 is 0 Å². The highest BCUT2D eigenvalue weighted by Crippen LogP contribution is 2.26. The van der Waals surface area contributed by atoms with Crippen molar-refractivity contribution in [2.75, 3.05) is 12.8 Å². The van der Waals surface area contributed by atoms with E-state index in [1.807, 2.05) is 24.3 Å². The average Bonchev–Trinajstić information content (AvgIpc) is 2.38. The molecule has 2 N–H and O–H groups in total. The van der Waals surface area contributed by atoms with Crippen LogP contribution in [0, 0.1) is 0 Å². The Hall–Kier alpha value is -2.30. The minimum absolute atomic E-state index is 0.123. The first kappa shape index (κ1) is 12.2. The number of benzene rings is 1. The molecule has 2 rings (SSSR count). The Labute approximate surface area is 106 Å². The van der Waals surface area contributed by atoms with Crippen molar-refractivity contribution in [2.45, 2.75) is 13.3 Å². The average molecular weight is 245 g/mol. The van der Waals surface area contributed by atoms with Crippen molar-refractivity contribution in [1.82, 2.24) is 9.97 Å². The number of nitrogen functional groups attached to an aromatic ring is 1. The third kappa shape index (κ3) is 2.68. The van der Waals surface area contributed by atoms with Crippen LogP contribution in [0.1, 0.15) is 12.5 Å². The van der Waals surface area contributed by atoms with Crippen molar-refractivity contribution < 1.29 is 9.47 Å². The summed E-state index contributed by atoms with van der Waals surface area (Å²) in [5, 5.41) is 0. The van der Waals surface area contributed by atoms with Gasteiger partial charge in [-0.15, -0.1) is 0 Å². The predicted molar refractivity (Wildman–Crippen MR) is 68.9 cm³/mol. The van der Waals surface area contributed by atoms with Gasteiger partial charge < -0.3 is 15.2 Å². The molecule has 5 heteroatoms. The van der Waals surface area contributed by atoms with Gasteiger partial charge in [0.1, 0.15) is 5.75 Å². The van der Waals surface area contributed by atoms with Crippen molar-refractivity contribution in [3.63, 3.8) is 0 Å². The predicted octanol–water partition coefficient (Wildman–Crippen LogP) is 2.42. The van der Waals surface area contributed by atoms with Gasteiger partial charge in [-0.3, -0.25) is 0 Å². The molecule has 0 bridgehead atoms. The molecule has 0 fully saturated rings. The molecular formula is C13H15N3O2. The fraction of sp³-hybridized carbons (Fsp3) is 0.231. The summed E-state index contributed by atoms with van der Waals surface area (Å²) in [5.41, 5.74) is 6.68. The Kier molecular flexibility index (Phi) is 3.62. The van der Waals surface area contributed by atoms with Crippen LogP contribution in [0.15, 0.2) is 30.3 Å². The molecule has 1 heterocycles. The molecule has 0 unspecified atom stereocenters. The number of methoxy groups -OCH3 is 1. The molecule has 0 radical (unpaired) electrons. The van der Waals surface area contributed by atoms with Crippen LogP contribution in [0.3, 0.4) is 0 Å². The summed E-state index contributed by atoms with van der Waals surface area (Å²) in [4.78, 5) is 7.92. The second-order valence-corrected chi connectivity index (χ2v) is 3.67. The van der Waals surface area contributed by atoms with E-state index in [2.05, 4.69) is 16.9 Å².